The number of fused-ring (bicyclic) bond motifs is 2. The summed E-state index contributed by atoms with van der Waals surface area (Å²) >= 11 is 1.68. The molecule has 0 saturated heterocycles. The van der Waals surface area contributed by atoms with Gasteiger partial charge >= 0.3 is 0 Å². The van der Waals surface area contributed by atoms with Crippen LogP contribution < -0.4 is 4.74 Å². The third kappa shape index (κ3) is 4.03. The van der Waals surface area contributed by atoms with Crippen molar-refractivity contribution >= 4 is 33.4 Å². The van der Waals surface area contributed by atoms with Crippen LogP contribution >= 0.6 is 11.3 Å². The Hall–Kier alpha value is -4.82. The number of aromatic amines is 2. The quantitative estimate of drug-likeness (QED) is 0.260. The fraction of sp³-hybridized carbons (Fsp3) is 0.0345. The lowest BCUT2D eigenvalue weighted by Gasteiger charge is -2.08. The van der Waals surface area contributed by atoms with E-state index in [2.05, 4.69) is 59.1 Å². The monoisotopic (exact) mass is 500 g/mol. The van der Waals surface area contributed by atoms with Gasteiger partial charge in [-0.1, -0.05) is 30.3 Å². The second-order valence-corrected chi connectivity index (χ2v) is 9.47. The standard InChI is InChI=1S/C29H20N6OS/c1-2-4-18(5-3-1)16-36-22-10-20(13-30-15-22)21-11-25-27(34-35-29(25)32-14-21)26-12-24-23(19-7-9-37-17-19)6-8-31-28(24)33-26/h1-15,17H,16H2,(H,31,33)(H,32,34,35). The number of nitrogens with one attached hydrogen (secondary N) is 2. The molecule has 2 N–H and O–H groups in total. The van der Waals surface area contributed by atoms with E-state index in [1.807, 2.05) is 61.1 Å². The van der Waals surface area contributed by atoms with E-state index in [4.69, 9.17) is 4.74 Å². The van der Waals surface area contributed by atoms with Gasteiger partial charge < -0.3 is 9.72 Å². The van der Waals surface area contributed by atoms with Crippen molar-refractivity contribution in [3.63, 3.8) is 0 Å². The van der Waals surface area contributed by atoms with Crippen molar-refractivity contribution in [1.29, 1.82) is 0 Å². The summed E-state index contributed by atoms with van der Waals surface area (Å²) in [6.45, 7) is 0.483. The molecular formula is C29H20N6OS. The highest BCUT2D eigenvalue weighted by molar-refractivity contribution is 7.08. The van der Waals surface area contributed by atoms with Gasteiger partial charge in [0.25, 0.3) is 0 Å². The number of hydrogen-bond donors (Lipinski definition) is 2. The van der Waals surface area contributed by atoms with Gasteiger partial charge in [-0.3, -0.25) is 10.1 Å². The maximum Gasteiger partial charge on any atom is 0.155 e. The number of hydrogen-bond acceptors (Lipinski definition) is 6. The molecule has 6 aromatic heterocycles. The van der Waals surface area contributed by atoms with Gasteiger partial charge in [-0.05, 0) is 57.8 Å². The number of nitrogens with zero attached hydrogens (tertiary/aromatic N) is 4. The lowest BCUT2D eigenvalue weighted by Crippen LogP contribution is -1.96. The number of benzene rings is 1. The van der Waals surface area contributed by atoms with Gasteiger partial charge in [-0.15, -0.1) is 0 Å². The molecule has 0 aliphatic rings. The average molecular weight is 501 g/mol. The molecule has 7 rings (SSSR count). The van der Waals surface area contributed by atoms with E-state index >= 15 is 0 Å². The molecule has 0 spiro atoms. The molecule has 0 aliphatic heterocycles. The smallest absolute Gasteiger partial charge is 0.155 e. The Morgan fingerprint density at radius 1 is 0.811 bits per heavy atom. The van der Waals surface area contributed by atoms with Crippen LogP contribution in [-0.4, -0.2) is 30.1 Å². The Morgan fingerprint density at radius 2 is 1.73 bits per heavy atom. The lowest BCUT2D eigenvalue weighted by atomic mass is 10.1. The molecular weight excluding hydrogens is 480 g/mol. The van der Waals surface area contributed by atoms with E-state index in [9.17, 15) is 0 Å². The van der Waals surface area contributed by atoms with E-state index in [1.165, 1.54) is 5.56 Å². The first-order valence-corrected chi connectivity index (χ1v) is 12.7. The van der Waals surface area contributed by atoms with Gasteiger partial charge in [0.2, 0.25) is 0 Å². The Labute approximate surface area is 215 Å². The molecule has 6 heterocycles. The van der Waals surface area contributed by atoms with E-state index in [-0.39, 0.29) is 0 Å². The molecule has 0 radical (unpaired) electrons. The van der Waals surface area contributed by atoms with Crippen LogP contribution in [0, 0.1) is 0 Å². The van der Waals surface area contributed by atoms with Crippen LogP contribution in [0.25, 0.3) is 55.7 Å². The summed E-state index contributed by atoms with van der Waals surface area (Å²) in [5, 5.41) is 13.8. The summed E-state index contributed by atoms with van der Waals surface area (Å²) < 4.78 is 5.98. The Morgan fingerprint density at radius 3 is 2.62 bits per heavy atom. The van der Waals surface area contributed by atoms with E-state index in [1.54, 1.807) is 17.5 Å². The molecule has 0 saturated carbocycles. The zero-order valence-electron chi connectivity index (χ0n) is 19.6. The number of thiophene rings is 1. The summed E-state index contributed by atoms with van der Waals surface area (Å²) in [6, 6.07) is 20.4. The maximum absolute atomic E-state index is 5.98. The molecule has 37 heavy (non-hydrogen) atoms. The Bertz CT molecular complexity index is 1840. The topological polar surface area (TPSA) is 92.4 Å². The van der Waals surface area contributed by atoms with Gasteiger partial charge in [0.05, 0.1) is 11.9 Å². The van der Waals surface area contributed by atoms with Crippen molar-refractivity contribution in [2.75, 3.05) is 0 Å². The highest BCUT2D eigenvalue weighted by Crippen LogP contribution is 2.34. The first-order chi connectivity index (χ1) is 18.3. The van der Waals surface area contributed by atoms with Crippen molar-refractivity contribution < 1.29 is 4.74 Å². The van der Waals surface area contributed by atoms with Crippen LogP contribution in [0.4, 0.5) is 0 Å². The van der Waals surface area contributed by atoms with Crippen molar-refractivity contribution in [1.82, 2.24) is 30.1 Å². The molecule has 0 aliphatic carbocycles. The first-order valence-electron chi connectivity index (χ1n) is 11.8. The fourth-order valence-corrected chi connectivity index (χ4v) is 5.14. The number of aromatic nitrogens is 6. The van der Waals surface area contributed by atoms with Crippen LogP contribution in [0.1, 0.15) is 5.56 Å². The highest BCUT2D eigenvalue weighted by atomic mass is 32.1. The lowest BCUT2D eigenvalue weighted by molar-refractivity contribution is 0.305. The third-order valence-corrected chi connectivity index (χ3v) is 7.01. The minimum absolute atomic E-state index is 0.483. The zero-order chi connectivity index (χ0) is 24.6. The van der Waals surface area contributed by atoms with Crippen LogP contribution in [-0.2, 0) is 6.61 Å². The highest BCUT2D eigenvalue weighted by Gasteiger charge is 2.16. The third-order valence-electron chi connectivity index (χ3n) is 6.33. The van der Waals surface area contributed by atoms with Crippen LogP contribution in [0.3, 0.4) is 0 Å². The molecule has 0 amide bonds. The van der Waals surface area contributed by atoms with E-state index in [0.717, 1.165) is 50.1 Å². The number of ether oxygens (including phenoxy) is 1. The van der Waals surface area contributed by atoms with Gasteiger partial charge in [0.15, 0.2) is 5.65 Å². The largest absolute Gasteiger partial charge is 0.487 e. The van der Waals surface area contributed by atoms with Crippen molar-refractivity contribution in [2.45, 2.75) is 6.61 Å². The molecule has 1 aromatic carbocycles. The summed E-state index contributed by atoms with van der Waals surface area (Å²) in [4.78, 5) is 17.0. The van der Waals surface area contributed by atoms with E-state index in [0.29, 0.717) is 18.0 Å². The summed E-state index contributed by atoms with van der Waals surface area (Å²) in [6.07, 6.45) is 7.20. The number of rotatable bonds is 6. The van der Waals surface area contributed by atoms with Crippen molar-refractivity contribution in [3.05, 3.63) is 102 Å². The SMILES string of the molecule is c1ccc(COc2cncc(-c3cnc4[nH]nc(-c5cc6c(-c7ccsc7)ccnc6[nH]5)c4c3)c2)cc1. The predicted molar refractivity (Wildman–Crippen MR) is 146 cm³/mol. The Balaban J connectivity index is 1.24. The Kier molecular flexibility index (Phi) is 5.22. The second-order valence-electron chi connectivity index (χ2n) is 8.69. The molecule has 0 fully saturated rings. The number of pyridine rings is 3. The van der Waals surface area contributed by atoms with Gasteiger partial charge in [-0.2, -0.15) is 16.4 Å². The summed E-state index contributed by atoms with van der Waals surface area (Å²) in [5.41, 5.74) is 8.50. The fourth-order valence-electron chi connectivity index (χ4n) is 4.49. The molecule has 0 atom stereocenters. The average Bonchev–Trinajstić information content (AvgIpc) is 3.71. The van der Waals surface area contributed by atoms with Gasteiger partial charge in [-0.25, -0.2) is 9.97 Å². The maximum atomic E-state index is 5.98. The van der Waals surface area contributed by atoms with Gasteiger partial charge in [0, 0.05) is 40.5 Å². The van der Waals surface area contributed by atoms with Gasteiger partial charge in [0.1, 0.15) is 23.7 Å². The normalized spacial score (nSPS) is 11.4. The van der Waals surface area contributed by atoms with E-state index < -0.39 is 0 Å². The first kappa shape index (κ1) is 21.5. The minimum Gasteiger partial charge on any atom is -0.487 e. The summed E-state index contributed by atoms with van der Waals surface area (Å²) in [7, 11) is 0. The minimum atomic E-state index is 0.483. The predicted octanol–water partition coefficient (Wildman–Crippen LogP) is 6.87. The van der Waals surface area contributed by atoms with Crippen LogP contribution in [0.5, 0.6) is 5.75 Å². The molecule has 7 aromatic rings. The molecule has 178 valence electrons. The second kappa shape index (κ2) is 9.00. The van der Waals surface area contributed by atoms with Crippen LogP contribution in [0.15, 0.2) is 96.2 Å². The number of H-pyrrole nitrogens is 2. The van der Waals surface area contributed by atoms with Crippen molar-refractivity contribution in [3.8, 4) is 39.4 Å². The molecule has 7 nitrogen and oxygen atoms in total. The van der Waals surface area contributed by atoms with Crippen LogP contribution in [0.2, 0.25) is 0 Å². The molecule has 0 unspecified atom stereocenters. The summed E-state index contributed by atoms with van der Waals surface area (Å²) in [5.74, 6) is 0.705. The zero-order valence-corrected chi connectivity index (χ0v) is 20.4. The van der Waals surface area contributed by atoms with Crippen molar-refractivity contribution in [2.24, 2.45) is 0 Å². The molecule has 8 heteroatoms. The molecule has 0 bridgehead atoms.